The number of amides is 1. The molecule has 0 radical (unpaired) electrons. The first kappa shape index (κ1) is 19.3. The zero-order valence-electron chi connectivity index (χ0n) is 15.8. The van der Waals surface area contributed by atoms with E-state index in [1.54, 1.807) is 25.4 Å². The molecule has 4 aromatic rings. The van der Waals surface area contributed by atoms with Crippen LogP contribution in [0.2, 0.25) is 5.02 Å². The lowest BCUT2D eigenvalue weighted by Crippen LogP contribution is -2.23. The van der Waals surface area contributed by atoms with E-state index in [-0.39, 0.29) is 5.91 Å². The summed E-state index contributed by atoms with van der Waals surface area (Å²) in [7, 11) is 0. The van der Waals surface area contributed by atoms with Gasteiger partial charge in [0.25, 0.3) is 5.91 Å². The summed E-state index contributed by atoms with van der Waals surface area (Å²) in [6.07, 6.45) is 3.50. The van der Waals surface area contributed by atoms with Gasteiger partial charge in [0.2, 0.25) is 0 Å². The fourth-order valence-electron chi connectivity index (χ4n) is 2.93. The molecule has 1 aromatic carbocycles. The van der Waals surface area contributed by atoms with Crippen molar-refractivity contribution in [3.8, 4) is 21.8 Å². The normalized spacial score (nSPS) is 10.9. The molecule has 6 nitrogen and oxygen atoms in total. The monoisotopic (exact) mass is 424 g/mol. The van der Waals surface area contributed by atoms with Crippen molar-refractivity contribution in [2.75, 3.05) is 0 Å². The Kier molecular flexibility index (Phi) is 5.42. The second kappa shape index (κ2) is 8.14. The second-order valence-corrected chi connectivity index (χ2v) is 7.89. The molecule has 3 heterocycles. The molecule has 0 aliphatic rings. The van der Waals surface area contributed by atoms with Crippen molar-refractivity contribution in [1.82, 2.24) is 20.4 Å². The quantitative estimate of drug-likeness (QED) is 0.484. The lowest BCUT2D eigenvalue weighted by atomic mass is 10.1. The average Bonchev–Trinajstić information content (AvgIpc) is 3.30. The van der Waals surface area contributed by atoms with E-state index in [1.807, 2.05) is 37.3 Å². The topological polar surface area (TPSA) is 80.9 Å². The van der Waals surface area contributed by atoms with Gasteiger partial charge in [0.1, 0.15) is 22.0 Å². The Balaban J connectivity index is 1.56. The van der Waals surface area contributed by atoms with E-state index in [2.05, 4.69) is 20.4 Å². The van der Waals surface area contributed by atoms with Crippen LogP contribution in [0.4, 0.5) is 0 Å². The average molecular weight is 425 g/mol. The number of nitrogens with one attached hydrogen (secondary N) is 1. The fraction of sp³-hybridized carbons (Fsp3) is 0.143. The van der Waals surface area contributed by atoms with E-state index in [4.69, 9.17) is 16.1 Å². The molecule has 146 valence electrons. The summed E-state index contributed by atoms with van der Waals surface area (Å²) in [5.74, 6) is 0.170. The highest BCUT2D eigenvalue weighted by molar-refractivity contribution is 7.15. The number of carbonyl (C=O) groups excluding carboxylic acids is 1. The van der Waals surface area contributed by atoms with Crippen molar-refractivity contribution in [3.63, 3.8) is 0 Å². The molecule has 0 unspecified atom stereocenters. The van der Waals surface area contributed by atoms with E-state index in [9.17, 15) is 4.79 Å². The van der Waals surface area contributed by atoms with Crippen molar-refractivity contribution in [2.24, 2.45) is 0 Å². The van der Waals surface area contributed by atoms with Crippen molar-refractivity contribution >= 4 is 28.8 Å². The zero-order valence-corrected chi connectivity index (χ0v) is 17.3. The Hall–Kier alpha value is -3.03. The number of benzene rings is 1. The van der Waals surface area contributed by atoms with Gasteiger partial charge < -0.3 is 9.84 Å². The standard InChI is InChI=1S/C21H17ClN4O2S/c1-12-17(29-21(25-12)14-6-5-9-23-10-14)11-24-20(27)18-13(2)28-26-19(18)15-7-3-4-8-16(15)22/h3-10H,11H2,1-2H3,(H,24,27). The highest BCUT2D eigenvalue weighted by Crippen LogP contribution is 2.31. The van der Waals surface area contributed by atoms with Crippen LogP contribution in [0, 0.1) is 13.8 Å². The summed E-state index contributed by atoms with van der Waals surface area (Å²) >= 11 is 7.81. The smallest absolute Gasteiger partial charge is 0.257 e. The summed E-state index contributed by atoms with van der Waals surface area (Å²) in [6.45, 7) is 3.99. The Morgan fingerprint density at radius 1 is 1.21 bits per heavy atom. The minimum atomic E-state index is -0.269. The van der Waals surface area contributed by atoms with E-state index in [0.29, 0.717) is 34.1 Å². The minimum absolute atomic E-state index is 0.269. The molecule has 29 heavy (non-hydrogen) atoms. The van der Waals surface area contributed by atoms with Gasteiger partial charge in [-0.25, -0.2) is 4.98 Å². The first-order valence-corrected chi connectivity index (χ1v) is 10.1. The molecule has 0 saturated heterocycles. The number of halogens is 1. The number of aromatic nitrogens is 3. The summed E-state index contributed by atoms with van der Waals surface area (Å²) in [5.41, 5.74) is 3.30. The van der Waals surface area contributed by atoms with Crippen LogP contribution in [0.5, 0.6) is 0 Å². The first-order chi connectivity index (χ1) is 14.0. The maximum absolute atomic E-state index is 12.9. The fourth-order valence-corrected chi connectivity index (χ4v) is 4.15. The van der Waals surface area contributed by atoms with Crippen molar-refractivity contribution in [2.45, 2.75) is 20.4 Å². The number of hydrogen-bond acceptors (Lipinski definition) is 6. The second-order valence-electron chi connectivity index (χ2n) is 6.39. The predicted molar refractivity (Wildman–Crippen MR) is 113 cm³/mol. The molecule has 4 rings (SSSR count). The number of nitrogens with zero attached hydrogens (tertiary/aromatic N) is 3. The van der Waals surface area contributed by atoms with Crippen LogP contribution < -0.4 is 5.32 Å². The molecule has 1 N–H and O–H groups in total. The molecular formula is C21H17ClN4O2S. The lowest BCUT2D eigenvalue weighted by molar-refractivity contribution is 0.0950. The van der Waals surface area contributed by atoms with Gasteiger partial charge in [0.05, 0.1) is 17.3 Å². The van der Waals surface area contributed by atoms with Crippen molar-refractivity contribution in [1.29, 1.82) is 0 Å². The van der Waals surface area contributed by atoms with Gasteiger partial charge in [0, 0.05) is 28.4 Å². The number of thiazole rings is 1. The molecule has 0 saturated carbocycles. The summed E-state index contributed by atoms with van der Waals surface area (Å²) < 4.78 is 5.28. The number of rotatable bonds is 5. The predicted octanol–water partition coefficient (Wildman–Crippen LogP) is 5.06. The highest BCUT2D eigenvalue weighted by atomic mass is 35.5. The molecule has 0 fully saturated rings. The van der Waals surface area contributed by atoms with Crippen LogP contribution in [-0.2, 0) is 6.54 Å². The molecule has 0 bridgehead atoms. The van der Waals surface area contributed by atoms with Crippen LogP contribution in [0.15, 0.2) is 53.3 Å². The maximum atomic E-state index is 12.9. The van der Waals surface area contributed by atoms with E-state index in [0.717, 1.165) is 21.1 Å². The molecule has 3 aromatic heterocycles. The first-order valence-electron chi connectivity index (χ1n) is 8.90. The van der Waals surface area contributed by atoms with Gasteiger partial charge in [-0.1, -0.05) is 35.0 Å². The Bertz CT molecular complexity index is 1170. The Morgan fingerprint density at radius 2 is 2.03 bits per heavy atom. The summed E-state index contributed by atoms with van der Waals surface area (Å²) in [4.78, 5) is 22.6. The molecule has 0 aliphatic heterocycles. The molecule has 0 aliphatic carbocycles. The van der Waals surface area contributed by atoms with E-state index < -0.39 is 0 Å². The molecule has 0 spiro atoms. The number of aryl methyl sites for hydroxylation is 2. The van der Waals surface area contributed by atoms with Crippen LogP contribution in [-0.4, -0.2) is 21.0 Å². The van der Waals surface area contributed by atoms with E-state index in [1.165, 1.54) is 11.3 Å². The van der Waals surface area contributed by atoms with Gasteiger partial charge in [0.15, 0.2) is 0 Å². The van der Waals surface area contributed by atoms with Gasteiger partial charge in [-0.3, -0.25) is 9.78 Å². The number of hydrogen-bond donors (Lipinski definition) is 1. The van der Waals surface area contributed by atoms with E-state index >= 15 is 0 Å². The highest BCUT2D eigenvalue weighted by Gasteiger charge is 2.23. The van der Waals surface area contributed by atoms with Crippen molar-refractivity contribution < 1.29 is 9.32 Å². The van der Waals surface area contributed by atoms with Gasteiger partial charge >= 0.3 is 0 Å². The number of pyridine rings is 1. The Labute approximate surface area is 176 Å². The molecule has 8 heteroatoms. The Morgan fingerprint density at radius 3 is 2.79 bits per heavy atom. The van der Waals surface area contributed by atoms with Gasteiger partial charge in [-0.2, -0.15) is 0 Å². The third kappa shape index (κ3) is 3.92. The van der Waals surface area contributed by atoms with Crippen LogP contribution in [0.25, 0.3) is 21.8 Å². The van der Waals surface area contributed by atoms with Gasteiger partial charge in [-0.05, 0) is 32.0 Å². The molecule has 0 atom stereocenters. The summed E-state index contributed by atoms with van der Waals surface area (Å²) in [5, 5.41) is 8.38. The van der Waals surface area contributed by atoms with Gasteiger partial charge in [-0.15, -0.1) is 11.3 Å². The third-order valence-electron chi connectivity index (χ3n) is 4.43. The minimum Gasteiger partial charge on any atom is -0.360 e. The number of carbonyl (C=O) groups is 1. The third-order valence-corrected chi connectivity index (χ3v) is 5.97. The molecular weight excluding hydrogens is 408 g/mol. The van der Waals surface area contributed by atoms with Crippen LogP contribution in [0.1, 0.15) is 26.7 Å². The van der Waals surface area contributed by atoms with Crippen LogP contribution >= 0.6 is 22.9 Å². The summed E-state index contributed by atoms with van der Waals surface area (Å²) in [6, 6.07) is 11.1. The largest absolute Gasteiger partial charge is 0.360 e. The molecule has 1 amide bonds. The zero-order chi connectivity index (χ0) is 20.4. The lowest BCUT2D eigenvalue weighted by Gasteiger charge is -2.06. The maximum Gasteiger partial charge on any atom is 0.257 e. The SMILES string of the molecule is Cc1nc(-c2cccnc2)sc1CNC(=O)c1c(-c2ccccc2Cl)noc1C. The van der Waals surface area contributed by atoms with Crippen LogP contribution in [0.3, 0.4) is 0 Å². The van der Waals surface area contributed by atoms with Crippen molar-refractivity contribution in [3.05, 3.63) is 75.7 Å².